The zero-order valence-electron chi connectivity index (χ0n) is 12.8. The average molecular weight is 269 g/mol. The molecule has 4 nitrogen and oxygen atoms in total. The Morgan fingerprint density at radius 1 is 1.47 bits per heavy atom. The summed E-state index contributed by atoms with van der Waals surface area (Å²) < 4.78 is 0. The van der Waals surface area contributed by atoms with Crippen LogP contribution >= 0.6 is 0 Å². The van der Waals surface area contributed by atoms with E-state index in [2.05, 4.69) is 31.0 Å². The van der Waals surface area contributed by atoms with Crippen molar-refractivity contribution in [2.24, 2.45) is 11.7 Å². The molecule has 4 heteroatoms. The van der Waals surface area contributed by atoms with Gasteiger partial charge >= 0.3 is 0 Å². The van der Waals surface area contributed by atoms with Gasteiger partial charge in [0, 0.05) is 18.6 Å². The predicted molar refractivity (Wildman–Crippen MR) is 79.9 cm³/mol. The molecule has 0 bridgehead atoms. The van der Waals surface area contributed by atoms with E-state index in [1.54, 1.807) is 0 Å². The fourth-order valence-electron chi connectivity index (χ4n) is 2.89. The lowest BCUT2D eigenvalue weighted by Gasteiger charge is -2.22. The maximum Gasteiger partial charge on any atom is 0.234 e. The highest BCUT2D eigenvalue weighted by Gasteiger charge is 2.29. The van der Waals surface area contributed by atoms with Crippen molar-refractivity contribution in [1.82, 2.24) is 10.2 Å². The van der Waals surface area contributed by atoms with Crippen molar-refractivity contribution >= 4 is 5.91 Å². The number of unbranched alkanes of at least 4 members (excludes halogenated alkanes) is 2. The fraction of sp³-hybridized carbons (Fsp3) is 0.933. The topological polar surface area (TPSA) is 58.4 Å². The molecule has 1 heterocycles. The first-order valence-corrected chi connectivity index (χ1v) is 7.80. The van der Waals surface area contributed by atoms with Crippen molar-refractivity contribution in [1.29, 1.82) is 0 Å². The molecule has 1 rings (SSSR count). The van der Waals surface area contributed by atoms with Gasteiger partial charge in [-0.05, 0) is 39.2 Å². The molecule has 1 aliphatic heterocycles. The van der Waals surface area contributed by atoms with Gasteiger partial charge in [-0.3, -0.25) is 9.69 Å². The number of nitrogens with zero attached hydrogens (tertiary/aromatic N) is 1. The number of nitrogens with one attached hydrogen (secondary N) is 1. The zero-order valence-corrected chi connectivity index (χ0v) is 12.8. The van der Waals surface area contributed by atoms with Gasteiger partial charge in [0.15, 0.2) is 0 Å². The molecular formula is C15H31N3O. The minimum absolute atomic E-state index is 0.161. The van der Waals surface area contributed by atoms with Crippen molar-refractivity contribution < 1.29 is 4.79 Å². The summed E-state index contributed by atoms with van der Waals surface area (Å²) in [6.45, 7) is 8.71. The smallest absolute Gasteiger partial charge is 0.234 e. The quantitative estimate of drug-likeness (QED) is 0.660. The van der Waals surface area contributed by atoms with E-state index in [1.165, 1.54) is 19.3 Å². The van der Waals surface area contributed by atoms with E-state index in [0.717, 1.165) is 25.9 Å². The van der Waals surface area contributed by atoms with Crippen LogP contribution in [0.5, 0.6) is 0 Å². The maximum atomic E-state index is 12.0. The van der Waals surface area contributed by atoms with E-state index in [9.17, 15) is 4.79 Å². The van der Waals surface area contributed by atoms with Gasteiger partial charge in [-0.25, -0.2) is 0 Å². The highest BCUT2D eigenvalue weighted by atomic mass is 16.2. The average Bonchev–Trinajstić information content (AvgIpc) is 2.70. The Bertz CT molecular complexity index is 270. The van der Waals surface area contributed by atoms with Crippen LogP contribution in [0.3, 0.4) is 0 Å². The molecule has 0 radical (unpaired) electrons. The van der Waals surface area contributed by atoms with Gasteiger partial charge in [0.05, 0.1) is 6.54 Å². The fourth-order valence-corrected chi connectivity index (χ4v) is 2.89. The molecule has 3 atom stereocenters. The minimum Gasteiger partial charge on any atom is -0.353 e. The first-order chi connectivity index (χ1) is 9.06. The summed E-state index contributed by atoms with van der Waals surface area (Å²) in [5.41, 5.74) is 5.71. The van der Waals surface area contributed by atoms with Crippen LogP contribution in [0.2, 0.25) is 0 Å². The molecule has 1 fully saturated rings. The standard InChI is InChI=1S/C15H31N3O/c1-4-5-6-7-12(2)17-15(19)11-18-10-14(9-16)8-13(18)3/h12-14H,4-11,16H2,1-3H3,(H,17,19). The second-order valence-electron chi connectivity index (χ2n) is 6.08. The van der Waals surface area contributed by atoms with E-state index >= 15 is 0 Å². The van der Waals surface area contributed by atoms with Crippen molar-refractivity contribution in [3.63, 3.8) is 0 Å². The molecule has 0 spiro atoms. The second-order valence-corrected chi connectivity index (χ2v) is 6.08. The van der Waals surface area contributed by atoms with Crippen LogP contribution < -0.4 is 11.1 Å². The number of nitrogens with two attached hydrogens (primary N) is 1. The van der Waals surface area contributed by atoms with Gasteiger partial charge in [0.1, 0.15) is 0 Å². The molecular weight excluding hydrogens is 238 g/mol. The van der Waals surface area contributed by atoms with Crippen LogP contribution in [0.15, 0.2) is 0 Å². The molecule has 3 unspecified atom stereocenters. The third kappa shape index (κ3) is 5.91. The maximum absolute atomic E-state index is 12.0. The van der Waals surface area contributed by atoms with Gasteiger partial charge in [-0.1, -0.05) is 26.2 Å². The summed E-state index contributed by atoms with van der Waals surface area (Å²) in [5, 5.41) is 3.11. The molecule has 1 saturated heterocycles. The van der Waals surface area contributed by atoms with Gasteiger partial charge in [-0.2, -0.15) is 0 Å². The van der Waals surface area contributed by atoms with Crippen molar-refractivity contribution in [3.8, 4) is 0 Å². The molecule has 3 N–H and O–H groups in total. The Morgan fingerprint density at radius 2 is 2.21 bits per heavy atom. The molecule has 1 aliphatic rings. The van der Waals surface area contributed by atoms with Crippen LogP contribution in [0, 0.1) is 5.92 Å². The van der Waals surface area contributed by atoms with E-state index < -0.39 is 0 Å². The van der Waals surface area contributed by atoms with Gasteiger partial charge in [0.2, 0.25) is 5.91 Å². The minimum atomic E-state index is 0.161. The first kappa shape index (κ1) is 16.4. The second kappa shape index (κ2) is 8.54. The Labute approximate surface area is 118 Å². The van der Waals surface area contributed by atoms with Gasteiger partial charge in [-0.15, -0.1) is 0 Å². The third-order valence-electron chi connectivity index (χ3n) is 4.12. The van der Waals surface area contributed by atoms with Crippen molar-refractivity contribution in [2.75, 3.05) is 19.6 Å². The van der Waals surface area contributed by atoms with Gasteiger partial charge in [0.25, 0.3) is 0 Å². The number of rotatable bonds is 8. The van der Waals surface area contributed by atoms with E-state index in [1.807, 2.05) is 0 Å². The van der Waals surface area contributed by atoms with E-state index in [-0.39, 0.29) is 5.91 Å². The third-order valence-corrected chi connectivity index (χ3v) is 4.12. The number of carbonyl (C=O) groups excluding carboxylic acids is 1. The monoisotopic (exact) mass is 269 g/mol. The SMILES string of the molecule is CCCCCC(C)NC(=O)CN1CC(CN)CC1C. The summed E-state index contributed by atoms with van der Waals surface area (Å²) in [7, 11) is 0. The summed E-state index contributed by atoms with van der Waals surface area (Å²) in [5.74, 6) is 0.721. The number of likely N-dealkylation sites (tertiary alicyclic amines) is 1. The number of hydrogen-bond donors (Lipinski definition) is 2. The summed E-state index contributed by atoms with van der Waals surface area (Å²) >= 11 is 0. The van der Waals surface area contributed by atoms with Crippen LogP contribution in [0.4, 0.5) is 0 Å². The molecule has 0 aromatic heterocycles. The van der Waals surface area contributed by atoms with Gasteiger partial charge < -0.3 is 11.1 Å². The van der Waals surface area contributed by atoms with Crippen molar-refractivity contribution in [2.45, 2.75) is 65.0 Å². The number of carbonyl (C=O) groups is 1. The largest absolute Gasteiger partial charge is 0.353 e. The van der Waals surface area contributed by atoms with Crippen molar-refractivity contribution in [3.05, 3.63) is 0 Å². The Morgan fingerprint density at radius 3 is 2.79 bits per heavy atom. The lowest BCUT2D eigenvalue weighted by Crippen LogP contribution is -2.42. The summed E-state index contributed by atoms with van der Waals surface area (Å²) in [6, 6.07) is 0.775. The molecule has 0 saturated carbocycles. The predicted octanol–water partition coefficient (Wildman–Crippen LogP) is 1.74. The molecule has 0 aromatic rings. The molecule has 19 heavy (non-hydrogen) atoms. The lowest BCUT2D eigenvalue weighted by molar-refractivity contribution is -0.123. The molecule has 0 aromatic carbocycles. The van der Waals surface area contributed by atoms with Crippen LogP contribution in [0.1, 0.15) is 52.9 Å². The highest BCUT2D eigenvalue weighted by molar-refractivity contribution is 5.78. The first-order valence-electron chi connectivity index (χ1n) is 7.80. The number of hydrogen-bond acceptors (Lipinski definition) is 3. The molecule has 1 amide bonds. The summed E-state index contributed by atoms with van der Waals surface area (Å²) in [4.78, 5) is 14.3. The number of amides is 1. The summed E-state index contributed by atoms with van der Waals surface area (Å²) in [6.07, 6.45) is 5.89. The zero-order chi connectivity index (χ0) is 14.3. The van der Waals surface area contributed by atoms with Crippen LogP contribution in [-0.4, -0.2) is 42.5 Å². The Balaban J connectivity index is 2.23. The normalized spacial score (nSPS) is 25.5. The van der Waals surface area contributed by atoms with E-state index in [4.69, 9.17) is 5.73 Å². The lowest BCUT2D eigenvalue weighted by atomic mass is 10.1. The van der Waals surface area contributed by atoms with Crippen LogP contribution in [0.25, 0.3) is 0 Å². The van der Waals surface area contributed by atoms with E-state index in [0.29, 0.717) is 24.5 Å². The Kier molecular flexibility index (Phi) is 7.39. The highest BCUT2D eigenvalue weighted by Crippen LogP contribution is 2.21. The Hall–Kier alpha value is -0.610. The van der Waals surface area contributed by atoms with Crippen LogP contribution in [-0.2, 0) is 4.79 Å². The molecule has 0 aliphatic carbocycles. The molecule has 112 valence electrons.